The van der Waals surface area contributed by atoms with E-state index < -0.39 is 0 Å². The molecule has 0 fully saturated rings. The molecule has 0 bridgehead atoms. The fourth-order valence-electron chi connectivity index (χ4n) is 2.37. The Labute approximate surface area is 126 Å². The van der Waals surface area contributed by atoms with E-state index in [9.17, 15) is 4.79 Å². The van der Waals surface area contributed by atoms with Crippen LogP contribution in [0.4, 0.5) is 4.79 Å². The number of carbonyl (C=O) groups is 1. The topological polar surface area (TPSA) is 34.4 Å². The second kappa shape index (κ2) is 14.7. The van der Waals surface area contributed by atoms with Crippen molar-refractivity contribution in [1.82, 2.24) is 10.2 Å². The minimum absolute atomic E-state index is 0.0362. The van der Waals surface area contributed by atoms with E-state index in [-0.39, 0.29) is 6.03 Å². The van der Waals surface area contributed by atoms with Gasteiger partial charge in [-0.3, -0.25) is 0 Å². The van der Waals surface area contributed by atoms with Crippen molar-refractivity contribution in [2.24, 2.45) is 0 Å². The molecular weight excluding hydrogens is 248 g/mol. The van der Waals surface area contributed by atoms with Crippen molar-refractivity contribution in [3.05, 3.63) is 0 Å². The van der Waals surface area contributed by atoms with Gasteiger partial charge in [0, 0.05) is 19.6 Å². The molecule has 0 aromatic heterocycles. The van der Waals surface area contributed by atoms with Gasteiger partial charge in [-0.05, 0) is 20.3 Å². The maximum absolute atomic E-state index is 11.6. The standard InChI is InChI=1S/C17H35N2O/c1-4-7-8-9-10-11-12-13-14-15-16-18-17(20)19(5-2)6-3/h4-16H2,1-3H3. The molecule has 0 saturated carbocycles. The van der Waals surface area contributed by atoms with Gasteiger partial charge in [-0.1, -0.05) is 64.7 Å². The molecule has 1 radical (unpaired) electrons. The number of rotatable bonds is 13. The van der Waals surface area contributed by atoms with Gasteiger partial charge in [-0.25, -0.2) is 10.1 Å². The lowest BCUT2D eigenvalue weighted by molar-refractivity contribution is 0.202. The first-order valence-corrected chi connectivity index (χ1v) is 8.72. The molecule has 0 N–H and O–H groups in total. The van der Waals surface area contributed by atoms with Crippen LogP contribution in [0.3, 0.4) is 0 Å². The molecule has 0 heterocycles. The van der Waals surface area contributed by atoms with Gasteiger partial charge >= 0.3 is 6.03 Å². The number of urea groups is 1. The predicted molar refractivity (Wildman–Crippen MR) is 87.2 cm³/mol. The SMILES string of the molecule is CCCCCCCCCCCC[N]C(=O)N(CC)CC. The maximum Gasteiger partial charge on any atom is 0.338 e. The highest BCUT2D eigenvalue weighted by Gasteiger charge is 2.08. The first-order chi connectivity index (χ1) is 9.76. The van der Waals surface area contributed by atoms with Crippen molar-refractivity contribution in [3.8, 4) is 0 Å². The van der Waals surface area contributed by atoms with Crippen molar-refractivity contribution >= 4 is 6.03 Å². The average molecular weight is 283 g/mol. The third kappa shape index (κ3) is 11.1. The summed E-state index contributed by atoms with van der Waals surface area (Å²) >= 11 is 0. The molecular formula is C17H35N2O. The van der Waals surface area contributed by atoms with Crippen molar-refractivity contribution < 1.29 is 4.79 Å². The van der Waals surface area contributed by atoms with Crippen LogP contribution in [0.25, 0.3) is 0 Å². The molecule has 119 valence electrons. The molecule has 2 amide bonds. The summed E-state index contributed by atoms with van der Waals surface area (Å²) in [6, 6.07) is -0.0362. The van der Waals surface area contributed by atoms with Gasteiger partial charge in [0.15, 0.2) is 0 Å². The van der Waals surface area contributed by atoms with E-state index in [0.29, 0.717) is 6.54 Å². The summed E-state index contributed by atoms with van der Waals surface area (Å²) in [5, 5.41) is 4.12. The molecule has 0 aromatic carbocycles. The highest BCUT2D eigenvalue weighted by atomic mass is 16.2. The van der Waals surface area contributed by atoms with Gasteiger partial charge < -0.3 is 4.90 Å². The minimum atomic E-state index is -0.0362. The molecule has 0 rings (SSSR count). The van der Waals surface area contributed by atoms with Crippen molar-refractivity contribution in [2.75, 3.05) is 19.6 Å². The molecule has 0 aromatic rings. The molecule has 0 aliphatic heterocycles. The zero-order chi connectivity index (χ0) is 15.1. The van der Waals surface area contributed by atoms with E-state index in [1.807, 2.05) is 13.8 Å². The first-order valence-electron chi connectivity index (χ1n) is 8.72. The summed E-state index contributed by atoms with van der Waals surface area (Å²) < 4.78 is 0. The highest BCUT2D eigenvalue weighted by molar-refractivity contribution is 5.73. The monoisotopic (exact) mass is 283 g/mol. The van der Waals surface area contributed by atoms with Gasteiger partial charge in [0.1, 0.15) is 0 Å². The summed E-state index contributed by atoms with van der Waals surface area (Å²) in [7, 11) is 0. The van der Waals surface area contributed by atoms with Crippen LogP contribution in [-0.4, -0.2) is 30.6 Å². The fraction of sp³-hybridized carbons (Fsp3) is 0.941. The van der Waals surface area contributed by atoms with Gasteiger partial charge in [0.25, 0.3) is 0 Å². The van der Waals surface area contributed by atoms with Crippen LogP contribution in [0, 0.1) is 0 Å². The molecule has 3 heteroatoms. The normalized spacial score (nSPS) is 10.6. The lowest BCUT2D eigenvalue weighted by atomic mass is 10.1. The second-order valence-electron chi connectivity index (χ2n) is 5.52. The minimum Gasteiger partial charge on any atom is -0.324 e. The third-order valence-corrected chi connectivity index (χ3v) is 3.79. The molecule has 0 aliphatic carbocycles. The Morgan fingerprint density at radius 2 is 1.20 bits per heavy atom. The Morgan fingerprint density at radius 1 is 0.750 bits per heavy atom. The Balaban J connectivity index is 3.22. The quantitative estimate of drug-likeness (QED) is 0.439. The van der Waals surface area contributed by atoms with Crippen molar-refractivity contribution in [2.45, 2.75) is 85.0 Å². The molecule has 0 saturated heterocycles. The van der Waals surface area contributed by atoms with Gasteiger partial charge in [-0.15, -0.1) is 0 Å². The number of hydrogen-bond donors (Lipinski definition) is 0. The molecule has 3 nitrogen and oxygen atoms in total. The third-order valence-electron chi connectivity index (χ3n) is 3.79. The van der Waals surface area contributed by atoms with Crippen LogP contribution >= 0.6 is 0 Å². The average Bonchev–Trinajstić information content (AvgIpc) is 2.46. The maximum atomic E-state index is 11.6. The van der Waals surface area contributed by atoms with E-state index in [1.54, 1.807) is 4.90 Å². The summed E-state index contributed by atoms with van der Waals surface area (Å²) in [4.78, 5) is 13.4. The smallest absolute Gasteiger partial charge is 0.324 e. The Morgan fingerprint density at radius 3 is 1.65 bits per heavy atom. The lowest BCUT2D eigenvalue weighted by Gasteiger charge is -2.17. The van der Waals surface area contributed by atoms with Gasteiger partial charge in [0.2, 0.25) is 0 Å². The first kappa shape index (κ1) is 19.3. The van der Waals surface area contributed by atoms with Crippen LogP contribution in [0.5, 0.6) is 0 Å². The summed E-state index contributed by atoms with van der Waals surface area (Å²) in [5.74, 6) is 0. The van der Waals surface area contributed by atoms with Crippen LogP contribution < -0.4 is 5.32 Å². The van der Waals surface area contributed by atoms with E-state index in [4.69, 9.17) is 0 Å². The zero-order valence-electron chi connectivity index (χ0n) is 14.0. The highest BCUT2D eigenvalue weighted by Crippen LogP contribution is 2.10. The number of unbranched alkanes of at least 4 members (excludes halogenated alkanes) is 9. The molecule has 0 aliphatic rings. The Bertz CT molecular complexity index is 215. The number of amides is 2. The summed E-state index contributed by atoms with van der Waals surface area (Å²) in [6.45, 7) is 8.48. The Hall–Kier alpha value is -0.730. The number of nitrogens with zero attached hydrogens (tertiary/aromatic N) is 2. The van der Waals surface area contributed by atoms with Crippen molar-refractivity contribution in [1.29, 1.82) is 0 Å². The molecule has 0 atom stereocenters. The van der Waals surface area contributed by atoms with Crippen LogP contribution in [0.15, 0.2) is 0 Å². The predicted octanol–water partition coefficient (Wildman–Crippen LogP) is 4.97. The molecule has 0 unspecified atom stereocenters. The largest absolute Gasteiger partial charge is 0.338 e. The summed E-state index contributed by atoms with van der Waals surface area (Å²) in [5.41, 5.74) is 0. The van der Waals surface area contributed by atoms with Crippen molar-refractivity contribution in [3.63, 3.8) is 0 Å². The second-order valence-corrected chi connectivity index (χ2v) is 5.52. The van der Waals surface area contributed by atoms with E-state index >= 15 is 0 Å². The van der Waals surface area contributed by atoms with Gasteiger partial charge in [0.05, 0.1) is 0 Å². The lowest BCUT2D eigenvalue weighted by Crippen LogP contribution is -2.36. The molecule has 20 heavy (non-hydrogen) atoms. The van der Waals surface area contributed by atoms with E-state index in [0.717, 1.165) is 19.5 Å². The van der Waals surface area contributed by atoms with Gasteiger partial charge in [-0.2, -0.15) is 0 Å². The number of carbonyl (C=O) groups excluding carboxylic acids is 1. The van der Waals surface area contributed by atoms with E-state index in [1.165, 1.54) is 57.8 Å². The Kier molecular flexibility index (Phi) is 14.1. The van der Waals surface area contributed by atoms with Crippen LogP contribution in [-0.2, 0) is 0 Å². The van der Waals surface area contributed by atoms with Crippen LogP contribution in [0.2, 0.25) is 0 Å². The molecule has 0 spiro atoms. The van der Waals surface area contributed by atoms with E-state index in [2.05, 4.69) is 12.2 Å². The fourth-order valence-corrected chi connectivity index (χ4v) is 2.37. The zero-order valence-corrected chi connectivity index (χ0v) is 14.0. The number of hydrogen-bond acceptors (Lipinski definition) is 1. The summed E-state index contributed by atoms with van der Waals surface area (Å²) in [6.07, 6.45) is 13.2. The van der Waals surface area contributed by atoms with Crippen LogP contribution in [0.1, 0.15) is 85.0 Å².